The zero-order chi connectivity index (χ0) is 11.7. The fraction of sp³-hybridized carbons (Fsp3) is 1.00. The van der Waals surface area contributed by atoms with Gasteiger partial charge in [0, 0.05) is 0 Å². The lowest BCUT2D eigenvalue weighted by molar-refractivity contribution is -0.192. The van der Waals surface area contributed by atoms with E-state index in [0.717, 1.165) is 19.3 Å². The van der Waals surface area contributed by atoms with Gasteiger partial charge < -0.3 is 9.84 Å². The molecule has 0 spiro atoms. The van der Waals surface area contributed by atoms with Gasteiger partial charge in [-0.3, -0.25) is 0 Å². The van der Waals surface area contributed by atoms with Crippen LogP contribution >= 0.6 is 0 Å². The summed E-state index contributed by atoms with van der Waals surface area (Å²) < 4.78 is 5.79. The number of hydrogen-bond acceptors (Lipinski definition) is 2. The van der Waals surface area contributed by atoms with Gasteiger partial charge in [-0.05, 0) is 25.7 Å². The largest absolute Gasteiger partial charge is 0.368 e. The first kappa shape index (κ1) is 14.9. The summed E-state index contributed by atoms with van der Waals surface area (Å²) in [6.07, 6.45) is 6.84. The van der Waals surface area contributed by atoms with Gasteiger partial charge in [0.1, 0.15) is 0 Å². The Morgan fingerprint density at radius 3 is 2.07 bits per heavy atom. The predicted molar refractivity (Wildman–Crippen MR) is 64.8 cm³/mol. The molecule has 0 amide bonds. The molecule has 0 rings (SSSR count). The van der Waals surface area contributed by atoms with Gasteiger partial charge in [-0.15, -0.1) is 0 Å². The Bertz CT molecular complexity index is 141. The van der Waals surface area contributed by atoms with Crippen LogP contribution < -0.4 is 0 Å². The van der Waals surface area contributed by atoms with Gasteiger partial charge >= 0.3 is 0 Å². The molecule has 0 aliphatic heterocycles. The maximum absolute atomic E-state index is 9.59. The number of aliphatic hydroxyl groups excluding tert-OH is 1. The van der Waals surface area contributed by atoms with Crippen molar-refractivity contribution in [3.05, 3.63) is 0 Å². The van der Waals surface area contributed by atoms with Gasteiger partial charge in [-0.1, -0.05) is 47.0 Å². The van der Waals surface area contributed by atoms with Crippen LogP contribution in [0.4, 0.5) is 0 Å². The Morgan fingerprint density at radius 2 is 1.67 bits per heavy atom. The van der Waals surface area contributed by atoms with E-state index in [0.29, 0.717) is 6.42 Å². The molecule has 15 heavy (non-hydrogen) atoms. The average molecular weight is 216 g/mol. The molecule has 0 aliphatic carbocycles. The molecule has 1 unspecified atom stereocenters. The van der Waals surface area contributed by atoms with E-state index in [4.69, 9.17) is 4.74 Å². The standard InChI is InChI=1S/C13H28O2/c1-5-9-10-11-13(7-3,8-4)15-12(14)6-2/h12,14H,5-11H2,1-4H3. The van der Waals surface area contributed by atoms with Crippen LogP contribution in [0.5, 0.6) is 0 Å². The van der Waals surface area contributed by atoms with Gasteiger partial charge in [-0.2, -0.15) is 0 Å². The minimum absolute atomic E-state index is 0.0927. The van der Waals surface area contributed by atoms with E-state index < -0.39 is 6.29 Å². The number of aliphatic hydroxyl groups is 1. The van der Waals surface area contributed by atoms with Crippen LogP contribution in [0.15, 0.2) is 0 Å². The lowest BCUT2D eigenvalue weighted by Crippen LogP contribution is -2.35. The molecule has 0 saturated heterocycles. The van der Waals surface area contributed by atoms with Crippen LogP contribution in [0, 0.1) is 0 Å². The highest BCUT2D eigenvalue weighted by Gasteiger charge is 2.28. The van der Waals surface area contributed by atoms with E-state index in [-0.39, 0.29) is 5.60 Å². The van der Waals surface area contributed by atoms with Crippen LogP contribution in [-0.2, 0) is 4.74 Å². The Hall–Kier alpha value is -0.0800. The molecule has 0 aromatic heterocycles. The normalized spacial score (nSPS) is 14.2. The summed E-state index contributed by atoms with van der Waals surface area (Å²) in [5.41, 5.74) is -0.0927. The van der Waals surface area contributed by atoms with Crippen molar-refractivity contribution in [2.24, 2.45) is 0 Å². The summed E-state index contributed by atoms with van der Waals surface area (Å²) in [5, 5.41) is 9.59. The minimum atomic E-state index is -0.591. The molecule has 1 N–H and O–H groups in total. The van der Waals surface area contributed by atoms with Crippen molar-refractivity contribution < 1.29 is 9.84 Å². The van der Waals surface area contributed by atoms with E-state index in [9.17, 15) is 5.11 Å². The van der Waals surface area contributed by atoms with Crippen LogP contribution in [0.2, 0.25) is 0 Å². The van der Waals surface area contributed by atoms with Crippen LogP contribution in [-0.4, -0.2) is 17.0 Å². The number of ether oxygens (including phenoxy) is 1. The minimum Gasteiger partial charge on any atom is -0.368 e. The SMILES string of the molecule is CCCCCC(CC)(CC)OC(O)CC. The van der Waals surface area contributed by atoms with E-state index in [1.807, 2.05) is 6.92 Å². The third-order valence-corrected chi connectivity index (χ3v) is 3.26. The molecule has 1 atom stereocenters. The molecule has 0 bridgehead atoms. The fourth-order valence-corrected chi connectivity index (χ4v) is 1.90. The van der Waals surface area contributed by atoms with Crippen molar-refractivity contribution in [2.45, 2.75) is 84.5 Å². The molecule has 2 nitrogen and oxygen atoms in total. The van der Waals surface area contributed by atoms with E-state index in [2.05, 4.69) is 20.8 Å². The van der Waals surface area contributed by atoms with Gasteiger partial charge in [0.2, 0.25) is 0 Å². The maximum atomic E-state index is 9.59. The summed E-state index contributed by atoms with van der Waals surface area (Å²) in [5.74, 6) is 0. The molecule has 0 fully saturated rings. The molecule has 0 aliphatic rings. The predicted octanol–water partition coefficient (Wildman–Crippen LogP) is 3.87. The molecule has 0 saturated carbocycles. The second kappa shape index (κ2) is 8.12. The smallest absolute Gasteiger partial charge is 0.155 e. The topological polar surface area (TPSA) is 29.5 Å². The summed E-state index contributed by atoms with van der Waals surface area (Å²) in [6.45, 7) is 8.46. The molecule has 0 aromatic carbocycles. The Morgan fingerprint density at radius 1 is 1.07 bits per heavy atom. The van der Waals surface area contributed by atoms with Crippen molar-refractivity contribution in [3.8, 4) is 0 Å². The molecule has 0 aromatic rings. The lowest BCUT2D eigenvalue weighted by Gasteiger charge is -2.34. The third kappa shape index (κ3) is 5.53. The van der Waals surface area contributed by atoms with Crippen molar-refractivity contribution in [2.75, 3.05) is 0 Å². The molecule has 0 heterocycles. The zero-order valence-electron chi connectivity index (χ0n) is 10.9. The van der Waals surface area contributed by atoms with Crippen molar-refractivity contribution in [3.63, 3.8) is 0 Å². The highest BCUT2D eigenvalue weighted by Crippen LogP contribution is 2.29. The quantitative estimate of drug-likeness (QED) is 0.468. The number of unbranched alkanes of at least 4 members (excludes halogenated alkanes) is 2. The molecule has 92 valence electrons. The first-order valence-corrected chi connectivity index (χ1v) is 6.50. The highest BCUT2D eigenvalue weighted by molar-refractivity contribution is 4.78. The van der Waals surface area contributed by atoms with Crippen molar-refractivity contribution >= 4 is 0 Å². The zero-order valence-corrected chi connectivity index (χ0v) is 10.9. The second-order valence-corrected chi connectivity index (χ2v) is 4.33. The van der Waals surface area contributed by atoms with E-state index >= 15 is 0 Å². The van der Waals surface area contributed by atoms with Gasteiger partial charge in [0.15, 0.2) is 6.29 Å². The van der Waals surface area contributed by atoms with Gasteiger partial charge in [0.05, 0.1) is 5.60 Å². The summed E-state index contributed by atoms with van der Waals surface area (Å²) in [6, 6.07) is 0. The van der Waals surface area contributed by atoms with Crippen LogP contribution in [0.25, 0.3) is 0 Å². The molecular weight excluding hydrogens is 188 g/mol. The summed E-state index contributed by atoms with van der Waals surface area (Å²) in [7, 11) is 0. The average Bonchev–Trinajstić information content (AvgIpc) is 2.27. The number of rotatable bonds is 9. The highest BCUT2D eigenvalue weighted by atomic mass is 16.6. The lowest BCUT2D eigenvalue weighted by atomic mass is 9.90. The molecule has 0 radical (unpaired) electrons. The third-order valence-electron chi connectivity index (χ3n) is 3.26. The molecule has 2 heteroatoms. The van der Waals surface area contributed by atoms with Crippen LogP contribution in [0.1, 0.15) is 72.6 Å². The monoisotopic (exact) mass is 216 g/mol. The Kier molecular flexibility index (Phi) is 8.07. The van der Waals surface area contributed by atoms with Crippen LogP contribution in [0.3, 0.4) is 0 Å². The second-order valence-electron chi connectivity index (χ2n) is 4.33. The molecular formula is C13H28O2. The summed E-state index contributed by atoms with van der Waals surface area (Å²) in [4.78, 5) is 0. The summed E-state index contributed by atoms with van der Waals surface area (Å²) >= 11 is 0. The first-order chi connectivity index (χ1) is 7.14. The van der Waals surface area contributed by atoms with E-state index in [1.54, 1.807) is 0 Å². The maximum Gasteiger partial charge on any atom is 0.155 e. The Balaban J connectivity index is 4.16. The van der Waals surface area contributed by atoms with Crippen molar-refractivity contribution in [1.29, 1.82) is 0 Å². The Labute approximate surface area is 95.0 Å². The van der Waals surface area contributed by atoms with E-state index in [1.165, 1.54) is 19.3 Å². The first-order valence-electron chi connectivity index (χ1n) is 6.50. The fourth-order valence-electron chi connectivity index (χ4n) is 1.90. The van der Waals surface area contributed by atoms with Gasteiger partial charge in [0.25, 0.3) is 0 Å². The van der Waals surface area contributed by atoms with Gasteiger partial charge in [-0.25, -0.2) is 0 Å². The number of hydrogen-bond donors (Lipinski definition) is 1. The van der Waals surface area contributed by atoms with Crippen molar-refractivity contribution in [1.82, 2.24) is 0 Å².